The van der Waals surface area contributed by atoms with Crippen LogP contribution in [0.4, 0.5) is 4.39 Å². The summed E-state index contributed by atoms with van der Waals surface area (Å²) in [5.74, 6) is 0.156. The average Bonchev–Trinajstić information content (AvgIpc) is 3.25. The maximum absolute atomic E-state index is 13.6. The fourth-order valence-corrected chi connectivity index (χ4v) is 2.09. The van der Waals surface area contributed by atoms with E-state index in [0.29, 0.717) is 5.75 Å². The minimum Gasteiger partial charge on any atom is -0.487 e. The van der Waals surface area contributed by atoms with Crippen molar-refractivity contribution in [3.63, 3.8) is 0 Å². The maximum atomic E-state index is 13.6. The third-order valence-electron chi connectivity index (χ3n) is 3.36. The Bertz CT molecular complexity index is 546. The van der Waals surface area contributed by atoms with Crippen LogP contribution in [0, 0.1) is 5.82 Å². The normalized spacial score (nSPS) is 14.4. The van der Waals surface area contributed by atoms with E-state index in [9.17, 15) is 4.39 Å². The lowest BCUT2D eigenvalue weighted by molar-refractivity contribution is 0.287. The van der Waals surface area contributed by atoms with Crippen LogP contribution in [0.2, 0.25) is 0 Å². The Hall–Kier alpha value is -1.83. The van der Waals surface area contributed by atoms with Crippen LogP contribution in [0.5, 0.6) is 5.75 Å². The lowest BCUT2D eigenvalue weighted by atomic mass is 10.0. The highest BCUT2D eigenvalue weighted by atomic mass is 19.1. The second-order valence-corrected chi connectivity index (χ2v) is 5.07. The van der Waals surface area contributed by atoms with Gasteiger partial charge in [-0.15, -0.1) is 0 Å². The zero-order valence-corrected chi connectivity index (χ0v) is 10.8. The number of hydrogen-bond acceptors (Lipinski definition) is 1. The molecule has 1 nitrogen and oxygen atoms in total. The first-order valence-corrected chi connectivity index (χ1v) is 6.80. The Kier molecular flexibility index (Phi) is 3.49. The van der Waals surface area contributed by atoms with E-state index in [1.54, 1.807) is 0 Å². The van der Waals surface area contributed by atoms with E-state index in [-0.39, 0.29) is 11.9 Å². The fraction of sp³-hybridized carbons (Fsp3) is 0.294. The van der Waals surface area contributed by atoms with Crippen LogP contribution in [-0.4, -0.2) is 6.10 Å². The Labute approximate surface area is 113 Å². The Morgan fingerprint density at radius 3 is 2.42 bits per heavy atom. The van der Waals surface area contributed by atoms with Crippen LogP contribution >= 0.6 is 0 Å². The molecule has 0 radical (unpaired) electrons. The summed E-state index contributed by atoms with van der Waals surface area (Å²) in [6.45, 7) is 0. The van der Waals surface area contributed by atoms with E-state index in [4.69, 9.17) is 4.74 Å². The minimum atomic E-state index is -0.254. The molecule has 0 aromatic heterocycles. The molecule has 1 aliphatic carbocycles. The van der Waals surface area contributed by atoms with E-state index in [0.717, 1.165) is 31.2 Å². The molecule has 0 atom stereocenters. The summed E-state index contributed by atoms with van der Waals surface area (Å²) in [6.07, 6.45) is 4.21. The van der Waals surface area contributed by atoms with Crippen LogP contribution in [0.1, 0.15) is 24.0 Å². The third-order valence-corrected chi connectivity index (χ3v) is 3.36. The van der Waals surface area contributed by atoms with Gasteiger partial charge in [0.2, 0.25) is 0 Å². The summed E-state index contributed by atoms with van der Waals surface area (Å²) >= 11 is 0. The first-order valence-electron chi connectivity index (χ1n) is 6.80. The van der Waals surface area contributed by atoms with Gasteiger partial charge in [0.1, 0.15) is 0 Å². The molecule has 0 saturated heterocycles. The number of aryl methyl sites for hydroxylation is 2. The molecule has 19 heavy (non-hydrogen) atoms. The van der Waals surface area contributed by atoms with Gasteiger partial charge in [0, 0.05) is 0 Å². The van der Waals surface area contributed by atoms with Crippen LogP contribution < -0.4 is 4.74 Å². The molecule has 0 aliphatic heterocycles. The van der Waals surface area contributed by atoms with Crippen LogP contribution in [0.25, 0.3) is 0 Å². The maximum Gasteiger partial charge on any atom is 0.165 e. The molecule has 1 fully saturated rings. The Morgan fingerprint density at radius 2 is 1.68 bits per heavy atom. The highest BCUT2D eigenvalue weighted by Crippen LogP contribution is 2.29. The van der Waals surface area contributed by atoms with Crippen molar-refractivity contribution in [2.75, 3.05) is 0 Å². The van der Waals surface area contributed by atoms with Crippen molar-refractivity contribution in [1.82, 2.24) is 0 Å². The number of halogens is 1. The van der Waals surface area contributed by atoms with Gasteiger partial charge in [-0.3, -0.25) is 0 Å². The molecule has 0 spiro atoms. The van der Waals surface area contributed by atoms with Crippen molar-refractivity contribution in [2.45, 2.75) is 31.8 Å². The monoisotopic (exact) mass is 256 g/mol. The van der Waals surface area contributed by atoms with E-state index in [1.165, 1.54) is 11.6 Å². The number of benzene rings is 2. The van der Waals surface area contributed by atoms with Crippen molar-refractivity contribution in [3.8, 4) is 5.75 Å². The molecule has 1 saturated carbocycles. The minimum absolute atomic E-state index is 0.235. The lowest BCUT2D eigenvalue weighted by Crippen LogP contribution is -2.00. The second-order valence-electron chi connectivity index (χ2n) is 5.07. The Balaban J connectivity index is 1.67. The van der Waals surface area contributed by atoms with Gasteiger partial charge in [-0.05, 0) is 48.9 Å². The van der Waals surface area contributed by atoms with Gasteiger partial charge in [-0.1, -0.05) is 36.4 Å². The summed E-state index contributed by atoms with van der Waals surface area (Å²) in [7, 11) is 0. The van der Waals surface area contributed by atoms with Gasteiger partial charge >= 0.3 is 0 Å². The quantitative estimate of drug-likeness (QED) is 0.780. The molecule has 2 aromatic rings. The van der Waals surface area contributed by atoms with Gasteiger partial charge in [0.15, 0.2) is 11.6 Å². The topological polar surface area (TPSA) is 9.23 Å². The van der Waals surface area contributed by atoms with Gasteiger partial charge in [0.05, 0.1) is 6.10 Å². The zero-order chi connectivity index (χ0) is 13.1. The van der Waals surface area contributed by atoms with E-state index >= 15 is 0 Å². The van der Waals surface area contributed by atoms with Crippen molar-refractivity contribution in [1.29, 1.82) is 0 Å². The molecule has 1 aliphatic rings. The van der Waals surface area contributed by atoms with Gasteiger partial charge in [0.25, 0.3) is 0 Å². The number of ether oxygens (including phenoxy) is 1. The van der Waals surface area contributed by atoms with Gasteiger partial charge in [-0.2, -0.15) is 0 Å². The number of rotatable bonds is 5. The summed E-state index contributed by atoms with van der Waals surface area (Å²) in [4.78, 5) is 0. The summed E-state index contributed by atoms with van der Waals surface area (Å²) in [6, 6.07) is 15.5. The predicted octanol–water partition coefficient (Wildman–Crippen LogP) is 4.15. The largest absolute Gasteiger partial charge is 0.487 e. The number of hydrogen-bond donors (Lipinski definition) is 0. The molecule has 2 heteroatoms. The summed E-state index contributed by atoms with van der Waals surface area (Å²) in [5.41, 5.74) is 2.43. The second kappa shape index (κ2) is 5.43. The van der Waals surface area contributed by atoms with E-state index < -0.39 is 0 Å². The molecular weight excluding hydrogens is 239 g/mol. The SMILES string of the molecule is Fc1ccc(CCc2ccccc2)cc1OC1CC1. The molecule has 0 amide bonds. The Morgan fingerprint density at radius 1 is 0.947 bits per heavy atom. The molecule has 98 valence electrons. The van der Waals surface area contributed by atoms with Gasteiger partial charge in [-0.25, -0.2) is 4.39 Å². The average molecular weight is 256 g/mol. The third kappa shape index (κ3) is 3.34. The van der Waals surface area contributed by atoms with Crippen molar-refractivity contribution < 1.29 is 9.13 Å². The van der Waals surface area contributed by atoms with Crippen molar-refractivity contribution in [3.05, 3.63) is 65.5 Å². The van der Waals surface area contributed by atoms with Crippen LogP contribution in [0.3, 0.4) is 0 Å². The smallest absolute Gasteiger partial charge is 0.165 e. The standard InChI is InChI=1S/C17H17FO/c18-16-11-8-14(12-17(16)19-15-9-10-15)7-6-13-4-2-1-3-5-13/h1-5,8,11-12,15H,6-7,9-10H2. The van der Waals surface area contributed by atoms with Crippen molar-refractivity contribution in [2.24, 2.45) is 0 Å². The highest BCUT2D eigenvalue weighted by Gasteiger charge is 2.24. The molecular formula is C17H17FO. The molecule has 0 heterocycles. The van der Waals surface area contributed by atoms with Crippen molar-refractivity contribution >= 4 is 0 Å². The predicted molar refractivity (Wildman–Crippen MR) is 73.9 cm³/mol. The lowest BCUT2D eigenvalue weighted by Gasteiger charge is -2.08. The van der Waals surface area contributed by atoms with Crippen LogP contribution in [-0.2, 0) is 12.8 Å². The first kappa shape index (κ1) is 12.2. The first-order chi connectivity index (χ1) is 9.31. The molecule has 3 rings (SSSR count). The zero-order valence-electron chi connectivity index (χ0n) is 10.8. The van der Waals surface area contributed by atoms with Gasteiger partial charge < -0.3 is 4.74 Å². The van der Waals surface area contributed by atoms with E-state index in [2.05, 4.69) is 12.1 Å². The molecule has 0 N–H and O–H groups in total. The summed E-state index contributed by atoms with van der Waals surface area (Å²) < 4.78 is 19.2. The highest BCUT2D eigenvalue weighted by molar-refractivity contribution is 5.31. The molecule has 0 unspecified atom stereocenters. The fourth-order valence-electron chi connectivity index (χ4n) is 2.09. The van der Waals surface area contributed by atoms with Crippen LogP contribution in [0.15, 0.2) is 48.5 Å². The van der Waals surface area contributed by atoms with E-state index in [1.807, 2.05) is 30.3 Å². The summed E-state index contributed by atoms with van der Waals surface area (Å²) in [5, 5.41) is 0. The molecule has 0 bridgehead atoms. The molecule has 2 aromatic carbocycles.